The van der Waals surface area contributed by atoms with Gasteiger partial charge in [-0.15, -0.1) is 0 Å². The van der Waals surface area contributed by atoms with Crippen molar-refractivity contribution in [1.29, 1.82) is 0 Å². The highest BCUT2D eigenvalue weighted by Gasteiger charge is 2.16. The highest BCUT2D eigenvalue weighted by atomic mass is 35.5. The van der Waals surface area contributed by atoms with Crippen molar-refractivity contribution < 1.29 is 9.21 Å². The number of halogens is 1. The number of hydrogen-bond acceptors (Lipinski definition) is 5. The van der Waals surface area contributed by atoms with Crippen LogP contribution in [0.4, 0.5) is 5.69 Å². The summed E-state index contributed by atoms with van der Waals surface area (Å²) in [6, 6.07) is 20.1. The lowest BCUT2D eigenvalue weighted by atomic mass is 10.1. The number of hydrogen-bond donors (Lipinski definition) is 1. The highest BCUT2D eigenvalue weighted by Crippen LogP contribution is 2.19. The van der Waals surface area contributed by atoms with Crippen molar-refractivity contribution in [3.63, 3.8) is 0 Å². The fraction of sp³-hybridized carbons (Fsp3) is 0.0400. The van der Waals surface area contributed by atoms with E-state index in [2.05, 4.69) is 10.3 Å². The Balaban J connectivity index is 1.55. The number of nitrogens with zero attached hydrogens (tertiary/aromatic N) is 2. The predicted octanol–water partition coefficient (Wildman–Crippen LogP) is 4.71. The first-order valence-corrected chi connectivity index (χ1v) is 10.4. The minimum absolute atomic E-state index is 0.130. The first kappa shape index (κ1) is 20.7. The average molecular weight is 458 g/mol. The van der Waals surface area contributed by atoms with Crippen molar-refractivity contribution in [1.82, 2.24) is 9.55 Å². The van der Waals surface area contributed by atoms with Crippen LogP contribution in [-0.2, 0) is 0 Å². The van der Waals surface area contributed by atoms with Crippen LogP contribution in [0.1, 0.15) is 16.2 Å². The lowest BCUT2D eigenvalue weighted by Crippen LogP contribution is -2.23. The zero-order chi connectivity index (χ0) is 23.1. The number of carbonyl (C=O) groups is 1. The molecule has 0 aliphatic rings. The monoisotopic (exact) mass is 457 g/mol. The van der Waals surface area contributed by atoms with Crippen molar-refractivity contribution in [2.75, 3.05) is 5.32 Å². The van der Waals surface area contributed by atoms with Gasteiger partial charge in [0.1, 0.15) is 17.0 Å². The molecule has 0 bridgehead atoms. The molecule has 5 aromatic rings. The first-order chi connectivity index (χ1) is 15.9. The minimum Gasteiger partial charge on any atom is -0.422 e. The summed E-state index contributed by atoms with van der Waals surface area (Å²) in [5.41, 5.74) is 0.703. The van der Waals surface area contributed by atoms with E-state index in [0.717, 1.165) is 0 Å². The molecule has 2 heterocycles. The highest BCUT2D eigenvalue weighted by molar-refractivity contribution is 6.30. The Bertz CT molecular complexity index is 1670. The van der Waals surface area contributed by atoms with Crippen molar-refractivity contribution in [2.24, 2.45) is 0 Å². The Kier molecular flexibility index (Phi) is 5.03. The van der Waals surface area contributed by atoms with E-state index in [1.807, 2.05) is 0 Å². The molecule has 3 aromatic carbocycles. The lowest BCUT2D eigenvalue weighted by molar-refractivity contribution is 0.102. The second-order valence-electron chi connectivity index (χ2n) is 7.45. The van der Waals surface area contributed by atoms with Crippen LogP contribution in [0.15, 0.2) is 86.8 Å². The van der Waals surface area contributed by atoms with Crippen LogP contribution in [0.2, 0.25) is 5.02 Å². The number of nitrogens with one attached hydrogen (secondary N) is 1. The van der Waals surface area contributed by atoms with Gasteiger partial charge in [0.15, 0.2) is 0 Å². The zero-order valence-corrected chi connectivity index (χ0v) is 18.1. The van der Waals surface area contributed by atoms with E-state index >= 15 is 0 Å². The summed E-state index contributed by atoms with van der Waals surface area (Å²) in [4.78, 5) is 42.9. The summed E-state index contributed by atoms with van der Waals surface area (Å²) < 4.78 is 6.71. The molecule has 2 aromatic heterocycles. The summed E-state index contributed by atoms with van der Waals surface area (Å²) >= 11 is 5.96. The summed E-state index contributed by atoms with van der Waals surface area (Å²) in [6.45, 7) is 1.74. The topological polar surface area (TPSA) is 94.2 Å². The van der Waals surface area contributed by atoms with Gasteiger partial charge in [-0.3, -0.25) is 14.2 Å². The molecule has 162 valence electrons. The number of rotatable bonds is 3. The number of aryl methyl sites for hydroxylation is 1. The molecule has 0 spiro atoms. The second kappa shape index (κ2) is 8.03. The Morgan fingerprint density at radius 2 is 1.76 bits per heavy atom. The first-order valence-electron chi connectivity index (χ1n) is 10.0. The quantitative estimate of drug-likeness (QED) is 0.396. The number of fused-ring (bicyclic) bond motifs is 2. The van der Waals surface area contributed by atoms with E-state index in [-0.39, 0.29) is 11.1 Å². The molecular weight excluding hydrogens is 442 g/mol. The molecule has 1 N–H and O–H groups in total. The fourth-order valence-corrected chi connectivity index (χ4v) is 3.81. The van der Waals surface area contributed by atoms with Gasteiger partial charge < -0.3 is 9.73 Å². The number of carbonyl (C=O) groups excluding carboxylic acids is 1. The van der Waals surface area contributed by atoms with Gasteiger partial charge in [-0.25, -0.2) is 9.78 Å². The summed E-state index contributed by atoms with van der Waals surface area (Å²) in [5, 5.41) is 4.18. The third kappa shape index (κ3) is 3.79. The maximum Gasteiger partial charge on any atom is 0.349 e. The third-order valence-corrected chi connectivity index (χ3v) is 5.52. The minimum atomic E-state index is -0.741. The molecule has 7 nitrogen and oxygen atoms in total. The van der Waals surface area contributed by atoms with Crippen molar-refractivity contribution >= 4 is 45.1 Å². The maximum atomic E-state index is 13.3. The van der Waals surface area contributed by atoms with Crippen LogP contribution in [0.5, 0.6) is 0 Å². The lowest BCUT2D eigenvalue weighted by Gasteiger charge is -2.12. The van der Waals surface area contributed by atoms with Gasteiger partial charge in [0.05, 0.1) is 16.6 Å². The Hall–Kier alpha value is -4.23. The van der Waals surface area contributed by atoms with Crippen molar-refractivity contribution in [3.8, 4) is 5.69 Å². The molecule has 5 rings (SSSR count). The average Bonchev–Trinajstić information content (AvgIpc) is 2.80. The normalized spacial score (nSPS) is 11.1. The molecule has 0 radical (unpaired) electrons. The van der Waals surface area contributed by atoms with Gasteiger partial charge in [0.25, 0.3) is 11.5 Å². The van der Waals surface area contributed by atoms with Crippen molar-refractivity contribution in [3.05, 3.63) is 110 Å². The fourth-order valence-electron chi connectivity index (χ4n) is 3.69. The largest absolute Gasteiger partial charge is 0.422 e. The van der Waals surface area contributed by atoms with Crippen LogP contribution >= 0.6 is 11.6 Å². The molecule has 0 aliphatic heterocycles. The summed E-state index contributed by atoms with van der Waals surface area (Å²) in [6.07, 6.45) is 0. The molecule has 0 atom stereocenters. The van der Waals surface area contributed by atoms with E-state index < -0.39 is 11.5 Å². The van der Waals surface area contributed by atoms with Crippen LogP contribution < -0.4 is 16.5 Å². The van der Waals surface area contributed by atoms with Crippen LogP contribution in [0.3, 0.4) is 0 Å². The molecule has 0 unspecified atom stereocenters. The number of benzene rings is 3. The predicted molar refractivity (Wildman–Crippen MR) is 128 cm³/mol. The van der Waals surface area contributed by atoms with Gasteiger partial charge >= 0.3 is 5.63 Å². The smallest absolute Gasteiger partial charge is 0.349 e. The maximum absolute atomic E-state index is 13.3. The number of aromatic nitrogens is 2. The van der Waals surface area contributed by atoms with Crippen LogP contribution in [0, 0.1) is 6.92 Å². The Labute approximate surface area is 191 Å². The third-order valence-electron chi connectivity index (χ3n) is 5.26. The molecule has 0 fully saturated rings. The standard InChI is InChI=1S/C25H16ClN3O4/c1-14-27-21-11-8-17(13-19(21)24(31)29(14)18-9-6-16(26)7-10-18)28-23(30)20-12-15-4-2-3-5-22(15)33-25(20)32/h2-13H,1H3,(H,28,30). The van der Waals surface area contributed by atoms with Crippen molar-refractivity contribution in [2.45, 2.75) is 6.92 Å². The van der Waals surface area contributed by atoms with Gasteiger partial charge in [-0.05, 0) is 61.5 Å². The second-order valence-corrected chi connectivity index (χ2v) is 7.88. The number of amides is 1. The van der Waals surface area contributed by atoms with E-state index in [9.17, 15) is 14.4 Å². The van der Waals surface area contributed by atoms with Gasteiger partial charge in [-0.1, -0.05) is 29.8 Å². The zero-order valence-electron chi connectivity index (χ0n) is 17.3. The summed E-state index contributed by atoms with van der Waals surface area (Å²) in [5.74, 6) is -0.118. The molecular formula is C25H16ClN3O4. The summed E-state index contributed by atoms with van der Waals surface area (Å²) in [7, 11) is 0. The van der Waals surface area contributed by atoms with E-state index in [0.29, 0.717) is 44.1 Å². The SMILES string of the molecule is Cc1nc2ccc(NC(=O)c3cc4ccccc4oc3=O)cc2c(=O)n1-c1ccc(Cl)cc1. The molecule has 0 saturated carbocycles. The molecule has 33 heavy (non-hydrogen) atoms. The molecule has 1 amide bonds. The number of anilines is 1. The van der Waals surface area contributed by atoms with Gasteiger partial charge in [0, 0.05) is 16.1 Å². The molecule has 0 saturated heterocycles. The van der Waals surface area contributed by atoms with E-state index in [4.69, 9.17) is 16.0 Å². The molecule has 8 heteroatoms. The van der Waals surface area contributed by atoms with Crippen LogP contribution in [0.25, 0.3) is 27.6 Å². The van der Waals surface area contributed by atoms with E-state index in [1.54, 1.807) is 67.6 Å². The van der Waals surface area contributed by atoms with Gasteiger partial charge in [0.2, 0.25) is 0 Å². The number of para-hydroxylation sites is 1. The molecule has 0 aliphatic carbocycles. The Morgan fingerprint density at radius 3 is 2.55 bits per heavy atom. The van der Waals surface area contributed by atoms with Gasteiger partial charge in [-0.2, -0.15) is 0 Å². The van der Waals surface area contributed by atoms with Crippen LogP contribution in [-0.4, -0.2) is 15.5 Å². The van der Waals surface area contributed by atoms with E-state index in [1.165, 1.54) is 16.7 Å². The Morgan fingerprint density at radius 1 is 1.00 bits per heavy atom.